The summed E-state index contributed by atoms with van der Waals surface area (Å²) in [5.74, 6) is 1.80. The van der Waals surface area contributed by atoms with E-state index in [2.05, 4.69) is 46.6 Å². The van der Waals surface area contributed by atoms with Crippen LogP contribution in [0.5, 0.6) is 0 Å². The van der Waals surface area contributed by atoms with Gasteiger partial charge >= 0.3 is 0 Å². The van der Waals surface area contributed by atoms with E-state index in [4.69, 9.17) is 4.52 Å². The summed E-state index contributed by atoms with van der Waals surface area (Å²) in [5.41, 5.74) is 2.21. The lowest BCUT2D eigenvalue weighted by Crippen LogP contribution is -2.42. The van der Waals surface area contributed by atoms with E-state index < -0.39 is 0 Å². The predicted octanol–water partition coefficient (Wildman–Crippen LogP) is 2.96. The first-order valence-corrected chi connectivity index (χ1v) is 9.30. The molecule has 1 aliphatic rings. The third-order valence-corrected chi connectivity index (χ3v) is 4.97. The van der Waals surface area contributed by atoms with Gasteiger partial charge in [-0.15, -0.1) is 24.0 Å². The molecular formula is C18H34IN5O. The molecular weight excluding hydrogens is 429 g/mol. The Morgan fingerprint density at radius 1 is 1.24 bits per heavy atom. The third-order valence-electron chi connectivity index (χ3n) is 4.97. The van der Waals surface area contributed by atoms with Crippen LogP contribution in [0.1, 0.15) is 56.5 Å². The third kappa shape index (κ3) is 6.44. The zero-order valence-corrected chi connectivity index (χ0v) is 18.4. The Hall–Kier alpha value is -0.830. The number of aliphatic imine (C=N–C) groups is 1. The second-order valence-corrected chi connectivity index (χ2v) is 6.51. The average Bonchev–Trinajstić information content (AvgIpc) is 3.26. The molecule has 7 heteroatoms. The van der Waals surface area contributed by atoms with E-state index in [1.165, 1.54) is 31.2 Å². The molecule has 0 saturated heterocycles. The zero-order valence-electron chi connectivity index (χ0n) is 16.1. The Balaban J connectivity index is 0.00000312. The van der Waals surface area contributed by atoms with E-state index in [1.54, 1.807) is 0 Å². The number of halogens is 1. The highest BCUT2D eigenvalue weighted by Crippen LogP contribution is 2.21. The van der Waals surface area contributed by atoms with Crippen molar-refractivity contribution in [2.24, 2.45) is 4.99 Å². The van der Waals surface area contributed by atoms with Gasteiger partial charge in [0.05, 0.1) is 5.69 Å². The Kier molecular flexibility index (Phi) is 10.4. The van der Waals surface area contributed by atoms with Gasteiger partial charge in [-0.2, -0.15) is 0 Å². The average molecular weight is 463 g/mol. The molecule has 0 aromatic carbocycles. The number of rotatable bonds is 8. The number of likely N-dealkylation sites (N-methyl/N-ethyl adjacent to an activating group) is 1. The van der Waals surface area contributed by atoms with Crippen LogP contribution in [0.15, 0.2) is 9.52 Å². The highest BCUT2D eigenvalue weighted by molar-refractivity contribution is 14.0. The van der Waals surface area contributed by atoms with Gasteiger partial charge in [0.1, 0.15) is 5.76 Å². The van der Waals surface area contributed by atoms with Crippen LogP contribution in [-0.2, 0) is 19.4 Å². The lowest BCUT2D eigenvalue weighted by molar-refractivity contribution is 0.249. The van der Waals surface area contributed by atoms with Crippen molar-refractivity contribution in [3.63, 3.8) is 0 Å². The summed E-state index contributed by atoms with van der Waals surface area (Å²) in [5, 5.41) is 10.9. The van der Waals surface area contributed by atoms with Crippen LogP contribution < -0.4 is 10.6 Å². The summed E-state index contributed by atoms with van der Waals surface area (Å²) in [6.45, 7) is 6.84. The van der Waals surface area contributed by atoms with Crippen molar-refractivity contribution in [3.8, 4) is 0 Å². The fourth-order valence-electron chi connectivity index (χ4n) is 3.41. The predicted molar refractivity (Wildman–Crippen MR) is 114 cm³/mol. The maximum atomic E-state index is 5.41. The van der Waals surface area contributed by atoms with Gasteiger partial charge < -0.3 is 20.1 Å². The molecule has 2 N–H and O–H groups in total. The van der Waals surface area contributed by atoms with E-state index in [-0.39, 0.29) is 24.0 Å². The minimum Gasteiger partial charge on any atom is -0.361 e. The van der Waals surface area contributed by atoms with E-state index in [1.807, 2.05) is 7.05 Å². The second kappa shape index (κ2) is 11.7. The summed E-state index contributed by atoms with van der Waals surface area (Å²) in [6, 6.07) is 0.762. The number of aromatic nitrogens is 1. The first-order valence-electron chi connectivity index (χ1n) is 9.30. The molecule has 25 heavy (non-hydrogen) atoms. The molecule has 0 aliphatic heterocycles. The molecule has 1 aromatic heterocycles. The Morgan fingerprint density at radius 3 is 2.56 bits per heavy atom. The highest BCUT2D eigenvalue weighted by Gasteiger charge is 2.19. The van der Waals surface area contributed by atoms with Gasteiger partial charge in [0, 0.05) is 44.7 Å². The minimum absolute atomic E-state index is 0. The van der Waals surface area contributed by atoms with Crippen molar-refractivity contribution < 1.29 is 4.52 Å². The molecule has 1 fully saturated rings. The monoisotopic (exact) mass is 463 g/mol. The van der Waals surface area contributed by atoms with Gasteiger partial charge in [-0.25, -0.2) is 0 Å². The Morgan fingerprint density at radius 2 is 1.96 bits per heavy atom. The van der Waals surface area contributed by atoms with Crippen molar-refractivity contribution in [2.75, 3.05) is 27.2 Å². The van der Waals surface area contributed by atoms with Crippen LogP contribution in [0, 0.1) is 0 Å². The summed E-state index contributed by atoms with van der Waals surface area (Å²) in [4.78, 5) is 6.79. The smallest absolute Gasteiger partial charge is 0.191 e. The summed E-state index contributed by atoms with van der Waals surface area (Å²) in [6.07, 6.45) is 7.20. The van der Waals surface area contributed by atoms with Crippen molar-refractivity contribution in [2.45, 2.75) is 65.0 Å². The fourth-order valence-corrected chi connectivity index (χ4v) is 3.41. The minimum atomic E-state index is 0. The first-order chi connectivity index (χ1) is 11.7. The maximum absolute atomic E-state index is 5.41. The SMILES string of the molecule is CCc1noc(CC)c1CNC(=NC)NCCN(C)C1CCCC1.I. The van der Waals surface area contributed by atoms with Crippen LogP contribution >= 0.6 is 24.0 Å². The van der Waals surface area contributed by atoms with E-state index >= 15 is 0 Å². The quantitative estimate of drug-likeness (QED) is 0.353. The molecule has 1 heterocycles. The molecule has 1 saturated carbocycles. The van der Waals surface area contributed by atoms with Crippen LogP contribution in [-0.4, -0.2) is 49.2 Å². The number of guanidine groups is 1. The highest BCUT2D eigenvalue weighted by atomic mass is 127. The summed E-state index contributed by atoms with van der Waals surface area (Å²) >= 11 is 0. The molecule has 1 aromatic rings. The number of hydrogen-bond acceptors (Lipinski definition) is 4. The largest absolute Gasteiger partial charge is 0.361 e. The zero-order chi connectivity index (χ0) is 17.4. The lowest BCUT2D eigenvalue weighted by atomic mass is 10.1. The van der Waals surface area contributed by atoms with Gasteiger partial charge in [0.25, 0.3) is 0 Å². The fraction of sp³-hybridized carbons (Fsp3) is 0.778. The van der Waals surface area contributed by atoms with E-state index in [0.717, 1.165) is 49.4 Å². The standard InChI is InChI=1S/C18H33N5O.HI/c1-5-16-15(17(6-2)24-22-16)13-21-18(19-3)20-11-12-23(4)14-9-7-8-10-14;/h14H,5-13H2,1-4H3,(H2,19,20,21);1H. The van der Waals surface area contributed by atoms with Crippen LogP contribution in [0.2, 0.25) is 0 Å². The van der Waals surface area contributed by atoms with Crippen molar-refractivity contribution >= 4 is 29.9 Å². The van der Waals surface area contributed by atoms with Gasteiger partial charge in [0.15, 0.2) is 5.96 Å². The lowest BCUT2D eigenvalue weighted by Gasteiger charge is -2.24. The summed E-state index contributed by atoms with van der Waals surface area (Å²) < 4.78 is 5.41. The molecule has 0 spiro atoms. The van der Waals surface area contributed by atoms with Gasteiger partial charge in [-0.1, -0.05) is 31.8 Å². The molecule has 1 aliphatic carbocycles. The van der Waals surface area contributed by atoms with Crippen LogP contribution in [0.3, 0.4) is 0 Å². The van der Waals surface area contributed by atoms with Gasteiger partial charge in [-0.05, 0) is 26.3 Å². The van der Waals surface area contributed by atoms with E-state index in [0.29, 0.717) is 6.54 Å². The number of hydrogen-bond donors (Lipinski definition) is 2. The van der Waals surface area contributed by atoms with Gasteiger partial charge in [0.2, 0.25) is 0 Å². The van der Waals surface area contributed by atoms with Crippen molar-refractivity contribution in [1.29, 1.82) is 0 Å². The molecule has 6 nitrogen and oxygen atoms in total. The second-order valence-electron chi connectivity index (χ2n) is 6.51. The number of nitrogens with zero attached hydrogens (tertiary/aromatic N) is 3. The maximum Gasteiger partial charge on any atom is 0.191 e. The number of nitrogens with one attached hydrogen (secondary N) is 2. The summed E-state index contributed by atoms with van der Waals surface area (Å²) in [7, 11) is 4.04. The normalized spacial score (nSPS) is 15.5. The molecule has 0 amide bonds. The molecule has 2 rings (SSSR count). The van der Waals surface area contributed by atoms with Crippen LogP contribution in [0.25, 0.3) is 0 Å². The molecule has 0 radical (unpaired) electrons. The van der Waals surface area contributed by atoms with Crippen LogP contribution in [0.4, 0.5) is 0 Å². The Labute approximate surface area is 169 Å². The van der Waals surface area contributed by atoms with Gasteiger partial charge in [-0.3, -0.25) is 4.99 Å². The van der Waals surface area contributed by atoms with Crippen molar-refractivity contribution in [1.82, 2.24) is 20.7 Å². The van der Waals surface area contributed by atoms with E-state index in [9.17, 15) is 0 Å². The molecule has 0 unspecified atom stereocenters. The first kappa shape index (κ1) is 22.2. The Bertz CT molecular complexity index is 504. The van der Waals surface area contributed by atoms with Crippen molar-refractivity contribution in [3.05, 3.63) is 17.0 Å². The molecule has 0 bridgehead atoms. The topological polar surface area (TPSA) is 65.7 Å². The number of aryl methyl sites for hydroxylation is 2. The molecule has 0 atom stereocenters. The molecule has 144 valence electrons.